The maximum Gasteiger partial charge on any atom is 0.121 e. The summed E-state index contributed by atoms with van der Waals surface area (Å²) in [5.41, 5.74) is 4.25. The predicted molar refractivity (Wildman–Crippen MR) is 88.7 cm³/mol. The number of phenols is 1. The van der Waals surface area contributed by atoms with Crippen molar-refractivity contribution in [3.05, 3.63) is 57.1 Å². The summed E-state index contributed by atoms with van der Waals surface area (Å²) in [5, 5.41) is 14.7. The lowest BCUT2D eigenvalue weighted by Gasteiger charge is -2.18. The summed E-state index contributed by atoms with van der Waals surface area (Å²) in [6.07, 6.45) is 0.927. The van der Waals surface area contributed by atoms with Gasteiger partial charge < -0.3 is 10.4 Å². The van der Waals surface area contributed by atoms with Crippen molar-refractivity contribution in [3.8, 4) is 5.75 Å². The first kappa shape index (κ1) is 14.6. The molecule has 0 aliphatic heterocycles. The molecule has 2 atom stereocenters. The molecule has 1 aliphatic rings. The van der Waals surface area contributed by atoms with E-state index < -0.39 is 0 Å². The second kappa shape index (κ2) is 5.43. The zero-order chi connectivity index (χ0) is 15.1. The highest BCUT2D eigenvalue weighted by molar-refractivity contribution is 6.43. The molecule has 0 radical (unpaired) electrons. The summed E-state index contributed by atoms with van der Waals surface area (Å²) in [4.78, 5) is 0. The van der Waals surface area contributed by atoms with Crippen LogP contribution in [0.1, 0.15) is 42.0 Å². The van der Waals surface area contributed by atoms with Crippen molar-refractivity contribution in [2.75, 3.05) is 5.32 Å². The summed E-state index contributed by atoms with van der Waals surface area (Å²) >= 11 is 12.3. The van der Waals surface area contributed by atoms with Crippen LogP contribution in [0, 0.1) is 6.92 Å². The number of rotatable bonds is 2. The molecule has 0 saturated carbocycles. The second-order valence-electron chi connectivity index (χ2n) is 5.66. The first-order valence-electron chi connectivity index (χ1n) is 7.02. The molecule has 2 aromatic rings. The molecule has 0 bridgehead atoms. The topological polar surface area (TPSA) is 32.3 Å². The SMILES string of the molecule is Cc1ccc(O)c2c1C(C)CC2Nc1cccc(Cl)c1Cl. The van der Waals surface area contributed by atoms with Crippen LogP contribution in [0.4, 0.5) is 5.69 Å². The normalized spacial score (nSPS) is 20.4. The van der Waals surface area contributed by atoms with Gasteiger partial charge in [0.15, 0.2) is 0 Å². The zero-order valence-corrected chi connectivity index (χ0v) is 13.5. The number of aryl methyl sites for hydroxylation is 1. The number of fused-ring (bicyclic) bond motifs is 1. The van der Waals surface area contributed by atoms with Crippen LogP contribution < -0.4 is 5.32 Å². The quantitative estimate of drug-likeness (QED) is 0.747. The van der Waals surface area contributed by atoms with Gasteiger partial charge in [-0.1, -0.05) is 42.3 Å². The molecule has 0 fully saturated rings. The molecule has 2 unspecified atom stereocenters. The van der Waals surface area contributed by atoms with Gasteiger partial charge in [0.2, 0.25) is 0 Å². The minimum atomic E-state index is 0.0471. The van der Waals surface area contributed by atoms with E-state index in [2.05, 4.69) is 19.2 Å². The second-order valence-corrected chi connectivity index (χ2v) is 6.45. The highest BCUT2D eigenvalue weighted by Gasteiger charge is 2.32. The van der Waals surface area contributed by atoms with Crippen LogP contribution in [-0.4, -0.2) is 5.11 Å². The average Bonchev–Trinajstić information content (AvgIpc) is 2.77. The fourth-order valence-electron chi connectivity index (χ4n) is 3.28. The Labute approximate surface area is 134 Å². The van der Waals surface area contributed by atoms with Gasteiger partial charge in [-0.25, -0.2) is 0 Å². The van der Waals surface area contributed by atoms with Crippen molar-refractivity contribution < 1.29 is 5.11 Å². The molecule has 3 rings (SSSR count). The molecular formula is C17H17Cl2NO. The number of nitrogens with one attached hydrogen (secondary N) is 1. The van der Waals surface area contributed by atoms with Crippen LogP contribution in [-0.2, 0) is 0 Å². The minimum Gasteiger partial charge on any atom is -0.508 e. The van der Waals surface area contributed by atoms with Crippen molar-refractivity contribution in [3.63, 3.8) is 0 Å². The van der Waals surface area contributed by atoms with Crippen LogP contribution in [0.15, 0.2) is 30.3 Å². The molecule has 110 valence electrons. The highest BCUT2D eigenvalue weighted by Crippen LogP contribution is 2.48. The zero-order valence-electron chi connectivity index (χ0n) is 12.0. The lowest BCUT2D eigenvalue weighted by Crippen LogP contribution is -2.08. The lowest BCUT2D eigenvalue weighted by molar-refractivity contribution is 0.465. The smallest absolute Gasteiger partial charge is 0.121 e. The van der Waals surface area contributed by atoms with Crippen molar-refractivity contribution >= 4 is 28.9 Å². The number of phenolic OH excluding ortho intramolecular Hbond substituents is 1. The number of aromatic hydroxyl groups is 1. The number of halogens is 2. The van der Waals surface area contributed by atoms with Gasteiger partial charge in [-0.05, 0) is 48.6 Å². The fourth-order valence-corrected chi connectivity index (χ4v) is 3.63. The van der Waals surface area contributed by atoms with Gasteiger partial charge in [0.1, 0.15) is 5.75 Å². The summed E-state index contributed by atoms with van der Waals surface area (Å²) < 4.78 is 0. The third-order valence-corrected chi connectivity index (χ3v) is 5.01. The molecule has 0 aromatic heterocycles. The van der Waals surface area contributed by atoms with E-state index in [1.54, 1.807) is 12.1 Å². The lowest BCUT2D eigenvalue weighted by atomic mass is 9.97. The van der Waals surface area contributed by atoms with E-state index in [4.69, 9.17) is 23.2 Å². The third kappa shape index (κ3) is 2.47. The monoisotopic (exact) mass is 321 g/mol. The molecular weight excluding hydrogens is 305 g/mol. The van der Waals surface area contributed by atoms with Gasteiger partial charge in [-0.2, -0.15) is 0 Å². The standard InChI is InChI=1S/C17H17Cl2NO/c1-9-6-7-14(21)16-13(8-10(2)15(9)16)20-12-5-3-4-11(18)17(12)19/h3-7,10,13,20-21H,8H2,1-2H3. The number of benzene rings is 2. The third-order valence-electron chi connectivity index (χ3n) is 4.19. The largest absolute Gasteiger partial charge is 0.508 e. The van der Waals surface area contributed by atoms with Crippen molar-refractivity contribution in [1.82, 2.24) is 0 Å². The van der Waals surface area contributed by atoms with E-state index in [0.717, 1.165) is 17.7 Å². The molecule has 0 spiro atoms. The van der Waals surface area contributed by atoms with Crippen LogP contribution in [0.2, 0.25) is 10.0 Å². The van der Waals surface area contributed by atoms with E-state index in [9.17, 15) is 5.11 Å². The average molecular weight is 322 g/mol. The van der Waals surface area contributed by atoms with E-state index in [1.807, 2.05) is 18.2 Å². The molecule has 2 N–H and O–H groups in total. The van der Waals surface area contributed by atoms with Gasteiger partial charge in [0, 0.05) is 5.56 Å². The number of anilines is 1. The van der Waals surface area contributed by atoms with Crippen LogP contribution in [0.3, 0.4) is 0 Å². The first-order valence-corrected chi connectivity index (χ1v) is 7.77. The van der Waals surface area contributed by atoms with Crippen LogP contribution in [0.5, 0.6) is 5.75 Å². The maximum absolute atomic E-state index is 10.2. The summed E-state index contributed by atoms with van der Waals surface area (Å²) in [7, 11) is 0. The van der Waals surface area contributed by atoms with Gasteiger partial charge in [-0.3, -0.25) is 0 Å². The molecule has 2 nitrogen and oxygen atoms in total. The molecule has 0 heterocycles. The Balaban J connectivity index is 2.00. The van der Waals surface area contributed by atoms with Crippen molar-refractivity contribution in [2.24, 2.45) is 0 Å². The van der Waals surface area contributed by atoms with E-state index >= 15 is 0 Å². The van der Waals surface area contributed by atoms with Crippen LogP contribution >= 0.6 is 23.2 Å². The summed E-state index contributed by atoms with van der Waals surface area (Å²) in [6, 6.07) is 9.32. The Morgan fingerprint density at radius 1 is 1.14 bits per heavy atom. The minimum absolute atomic E-state index is 0.0471. The Hall–Kier alpha value is -1.38. The Morgan fingerprint density at radius 2 is 1.90 bits per heavy atom. The fraction of sp³-hybridized carbons (Fsp3) is 0.294. The molecule has 0 amide bonds. The number of hydrogen-bond acceptors (Lipinski definition) is 2. The molecule has 21 heavy (non-hydrogen) atoms. The Morgan fingerprint density at radius 3 is 2.67 bits per heavy atom. The van der Waals surface area contributed by atoms with Crippen LogP contribution in [0.25, 0.3) is 0 Å². The van der Waals surface area contributed by atoms with Gasteiger partial charge in [-0.15, -0.1) is 0 Å². The predicted octanol–water partition coefficient (Wildman–Crippen LogP) is 5.67. The molecule has 0 saturated heterocycles. The van der Waals surface area contributed by atoms with Gasteiger partial charge in [0.25, 0.3) is 0 Å². The number of hydrogen-bond donors (Lipinski definition) is 2. The van der Waals surface area contributed by atoms with Crippen molar-refractivity contribution in [2.45, 2.75) is 32.2 Å². The first-order chi connectivity index (χ1) is 9.99. The van der Waals surface area contributed by atoms with E-state index in [1.165, 1.54) is 11.1 Å². The summed E-state index contributed by atoms with van der Waals surface area (Å²) in [6.45, 7) is 4.27. The maximum atomic E-state index is 10.2. The van der Waals surface area contributed by atoms with E-state index in [-0.39, 0.29) is 6.04 Å². The molecule has 1 aliphatic carbocycles. The highest BCUT2D eigenvalue weighted by atomic mass is 35.5. The Kier molecular flexibility index (Phi) is 3.76. The molecule has 2 aromatic carbocycles. The molecule has 4 heteroatoms. The van der Waals surface area contributed by atoms with Crippen molar-refractivity contribution in [1.29, 1.82) is 0 Å². The summed E-state index contributed by atoms with van der Waals surface area (Å²) in [5.74, 6) is 0.748. The van der Waals surface area contributed by atoms with E-state index in [0.29, 0.717) is 21.7 Å². The Bertz CT molecular complexity index is 699. The van der Waals surface area contributed by atoms with Gasteiger partial charge >= 0.3 is 0 Å². The van der Waals surface area contributed by atoms with Gasteiger partial charge in [0.05, 0.1) is 21.8 Å².